The maximum absolute atomic E-state index is 12.6. The number of unbranched alkanes of at least 4 members (excludes halogenated alkanes) is 4. The number of aromatic nitrogens is 3. The minimum absolute atomic E-state index is 0.121. The smallest absolute Gasteiger partial charge is 0.270 e. The van der Waals surface area contributed by atoms with Crippen LogP contribution < -0.4 is 16.2 Å². The molecule has 0 aliphatic heterocycles. The highest BCUT2D eigenvalue weighted by molar-refractivity contribution is 5.92. The van der Waals surface area contributed by atoms with Gasteiger partial charge in [-0.05, 0) is 48.2 Å². The molecule has 7 nitrogen and oxygen atoms in total. The lowest BCUT2D eigenvalue weighted by Gasteiger charge is -2.06. The van der Waals surface area contributed by atoms with Crippen molar-refractivity contribution in [2.24, 2.45) is 0 Å². The van der Waals surface area contributed by atoms with Gasteiger partial charge in [0.05, 0.1) is 0 Å². The molecule has 4 rings (SSSR count). The third kappa shape index (κ3) is 5.87. The first-order chi connectivity index (χ1) is 16.1. The molecule has 3 heterocycles. The number of fused-ring (bicyclic) bond motifs is 2. The van der Waals surface area contributed by atoms with E-state index in [0.29, 0.717) is 12.2 Å². The van der Waals surface area contributed by atoms with E-state index < -0.39 is 0 Å². The molecule has 4 aromatic rings. The van der Waals surface area contributed by atoms with E-state index in [1.807, 2.05) is 12.1 Å². The minimum atomic E-state index is -0.367. The van der Waals surface area contributed by atoms with Gasteiger partial charge in [-0.3, -0.25) is 14.0 Å². The van der Waals surface area contributed by atoms with Crippen LogP contribution in [0.2, 0.25) is 0 Å². The number of carbonyl (C=O) groups is 1. The van der Waals surface area contributed by atoms with Crippen molar-refractivity contribution in [2.45, 2.75) is 52.1 Å². The summed E-state index contributed by atoms with van der Waals surface area (Å²) in [6.07, 6.45) is 8.04. The highest BCUT2D eigenvalue weighted by atomic mass is 16.2. The second-order valence-corrected chi connectivity index (χ2v) is 8.40. The van der Waals surface area contributed by atoms with Gasteiger partial charge in [0.2, 0.25) is 0 Å². The van der Waals surface area contributed by atoms with Crippen molar-refractivity contribution in [1.82, 2.24) is 25.0 Å². The van der Waals surface area contributed by atoms with Crippen LogP contribution in [0.4, 0.5) is 0 Å². The van der Waals surface area contributed by atoms with E-state index in [1.165, 1.54) is 42.6 Å². The summed E-state index contributed by atoms with van der Waals surface area (Å²) in [5.41, 5.74) is 3.47. The fraction of sp³-hybridized carbons (Fsp3) is 0.346. The van der Waals surface area contributed by atoms with Gasteiger partial charge < -0.3 is 15.6 Å². The van der Waals surface area contributed by atoms with Crippen molar-refractivity contribution in [3.63, 3.8) is 0 Å². The lowest BCUT2D eigenvalue weighted by atomic mass is 10.1. The van der Waals surface area contributed by atoms with Crippen LogP contribution in [0, 0.1) is 0 Å². The Hall–Kier alpha value is -3.45. The molecule has 0 radical (unpaired) electrons. The van der Waals surface area contributed by atoms with E-state index in [-0.39, 0.29) is 17.2 Å². The van der Waals surface area contributed by atoms with Crippen molar-refractivity contribution in [1.29, 1.82) is 0 Å². The van der Waals surface area contributed by atoms with E-state index in [0.717, 1.165) is 35.2 Å². The van der Waals surface area contributed by atoms with Gasteiger partial charge in [0.25, 0.3) is 11.5 Å². The van der Waals surface area contributed by atoms with Crippen molar-refractivity contribution in [3.8, 4) is 0 Å². The Balaban J connectivity index is 1.32. The molecule has 172 valence electrons. The summed E-state index contributed by atoms with van der Waals surface area (Å²) in [6, 6.07) is 14.8. The molecule has 0 aliphatic carbocycles. The number of aromatic amines is 1. The molecule has 0 saturated heterocycles. The summed E-state index contributed by atoms with van der Waals surface area (Å²) in [4.78, 5) is 32.5. The van der Waals surface area contributed by atoms with Crippen LogP contribution in [-0.4, -0.2) is 26.8 Å². The first-order valence-electron chi connectivity index (χ1n) is 11.7. The van der Waals surface area contributed by atoms with E-state index in [2.05, 4.69) is 39.7 Å². The predicted molar refractivity (Wildman–Crippen MR) is 131 cm³/mol. The van der Waals surface area contributed by atoms with E-state index >= 15 is 0 Å². The molecular weight excluding hydrogens is 414 g/mol. The van der Waals surface area contributed by atoms with E-state index in [1.54, 1.807) is 24.4 Å². The maximum atomic E-state index is 12.6. The van der Waals surface area contributed by atoms with Crippen molar-refractivity contribution in [2.75, 3.05) is 6.54 Å². The topological polar surface area (TPSA) is 91.3 Å². The van der Waals surface area contributed by atoms with Crippen molar-refractivity contribution in [3.05, 3.63) is 82.0 Å². The van der Waals surface area contributed by atoms with Gasteiger partial charge in [-0.1, -0.05) is 50.8 Å². The third-order valence-corrected chi connectivity index (χ3v) is 5.77. The van der Waals surface area contributed by atoms with Gasteiger partial charge >= 0.3 is 0 Å². The first-order valence-corrected chi connectivity index (χ1v) is 11.7. The molecule has 0 saturated carbocycles. The van der Waals surface area contributed by atoms with Gasteiger partial charge in [0.15, 0.2) is 0 Å². The van der Waals surface area contributed by atoms with Gasteiger partial charge in [-0.15, -0.1) is 0 Å². The molecule has 0 atom stereocenters. The van der Waals surface area contributed by atoms with Crippen LogP contribution in [0.15, 0.2) is 59.5 Å². The Labute approximate surface area is 193 Å². The number of benzene rings is 1. The van der Waals surface area contributed by atoms with Crippen LogP contribution >= 0.6 is 0 Å². The summed E-state index contributed by atoms with van der Waals surface area (Å²) in [6.45, 7) is 4.44. The minimum Gasteiger partial charge on any atom is -0.357 e. The normalized spacial score (nSPS) is 11.3. The number of hydrogen-bond acceptors (Lipinski definition) is 4. The Kier molecular flexibility index (Phi) is 7.52. The quantitative estimate of drug-likeness (QED) is 0.302. The van der Waals surface area contributed by atoms with Gasteiger partial charge in [0, 0.05) is 36.6 Å². The number of carbonyl (C=O) groups excluding carboxylic acids is 1. The molecule has 33 heavy (non-hydrogen) atoms. The fourth-order valence-electron chi connectivity index (χ4n) is 3.96. The van der Waals surface area contributed by atoms with Gasteiger partial charge in [-0.2, -0.15) is 0 Å². The average Bonchev–Trinajstić information content (AvgIpc) is 3.24. The SMILES string of the molecule is CCCCCCCNCc1cc2ccc(CNC(=O)c3cc(=O)n4ccccc4n3)cc2[nH]1. The number of rotatable bonds is 11. The molecular formula is C26H31N5O2. The Morgan fingerprint density at radius 2 is 1.91 bits per heavy atom. The Bertz CT molecular complexity index is 1290. The lowest BCUT2D eigenvalue weighted by molar-refractivity contribution is 0.0946. The molecule has 0 aliphatic rings. The number of pyridine rings is 1. The number of hydrogen-bond donors (Lipinski definition) is 3. The lowest BCUT2D eigenvalue weighted by Crippen LogP contribution is -2.26. The molecule has 0 fully saturated rings. The third-order valence-electron chi connectivity index (χ3n) is 5.77. The summed E-state index contributed by atoms with van der Waals surface area (Å²) in [7, 11) is 0. The molecule has 0 bridgehead atoms. The number of H-pyrrole nitrogens is 1. The van der Waals surface area contributed by atoms with Crippen LogP contribution in [0.5, 0.6) is 0 Å². The molecule has 0 unspecified atom stereocenters. The number of nitrogens with zero attached hydrogens (tertiary/aromatic N) is 2. The van der Waals surface area contributed by atoms with Gasteiger partial charge in [-0.25, -0.2) is 4.98 Å². The van der Waals surface area contributed by atoms with Crippen molar-refractivity contribution >= 4 is 22.5 Å². The summed E-state index contributed by atoms with van der Waals surface area (Å²) >= 11 is 0. The zero-order chi connectivity index (χ0) is 23.0. The second-order valence-electron chi connectivity index (χ2n) is 8.40. The monoisotopic (exact) mass is 445 g/mol. The van der Waals surface area contributed by atoms with Crippen LogP contribution in [0.25, 0.3) is 16.6 Å². The molecule has 0 spiro atoms. The highest BCUT2D eigenvalue weighted by Gasteiger charge is 2.11. The van der Waals surface area contributed by atoms with Gasteiger partial charge in [0.1, 0.15) is 11.3 Å². The maximum Gasteiger partial charge on any atom is 0.270 e. The zero-order valence-electron chi connectivity index (χ0n) is 19.1. The number of amides is 1. The predicted octanol–water partition coefficient (Wildman–Crippen LogP) is 4.17. The van der Waals surface area contributed by atoms with E-state index in [9.17, 15) is 9.59 Å². The molecule has 3 N–H and O–H groups in total. The second kappa shape index (κ2) is 10.9. The van der Waals surface area contributed by atoms with E-state index in [4.69, 9.17) is 0 Å². The summed E-state index contributed by atoms with van der Waals surface area (Å²) in [5.74, 6) is -0.367. The standard InChI is InChI=1S/C26H31N5O2/c1-2-3-4-5-7-12-27-18-21-15-20-11-10-19(14-22(20)29-21)17-28-26(33)23-16-25(32)31-13-8-6-9-24(31)30-23/h6,8-11,13-16,27,29H,2-5,7,12,17-18H2,1H3,(H,28,33). The number of nitrogens with one attached hydrogen (secondary N) is 3. The average molecular weight is 446 g/mol. The molecule has 7 heteroatoms. The molecule has 3 aromatic heterocycles. The van der Waals surface area contributed by atoms with Crippen LogP contribution in [0.1, 0.15) is 60.8 Å². The molecule has 1 aromatic carbocycles. The first kappa shape index (κ1) is 22.7. The van der Waals surface area contributed by atoms with Crippen LogP contribution in [-0.2, 0) is 13.1 Å². The van der Waals surface area contributed by atoms with Crippen LogP contribution in [0.3, 0.4) is 0 Å². The summed E-state index contributed by atoms with van der Waals surface area (Å²) in [5, 5.41) is 7.52. The Morgan fingerprint density at radius 3 is 2.79 bits per heavy atom. The Morgan fingerprint density at radius 1 is 1.03 bits per heavy atom. The zero-order valence-corrected chi connectivity index (χ0v) is 19.1. The summed E-state index contributed by atoms with van der Waals surface area (Å²) < 4.78 is 1.41. The fourth-order valence-corrected chi connectivity index (χ4v) is 3.96. The largest absolute Gasteiger partial charge is 0.357 e. The highest BCUT2D eigenvalue weighted by Crippen LogP contribution is 2.17. The van der Waals surface area contributed by atoms with Crippen molar-refractivity contribution < 1.29 is 4.79 Å². The molecule has 1 amide bonds.